The number of aryl methyl sites for hydroxylation is 2. The first-order chi connectivity index (χ1) is 10.6. The Morgan fingerprint density at radius 1 is 1.35 bits per heavy atom. The predicted octanol–water partition coefficient (Wildman–Crippen LogP) is 1.69. The van der Waals surface area contributed by atoms with Crippen molar-refractivity contribution in [1.29, 1.82) is 0 Å². The molecule has 132 valence electrons. The normalized spacial score (nSPS) is 18.2. The predicted molar refractivity (Wildman–Crippen MR) is 104 cm³/mol. The number of β-amino-alcohol motifs (C(OH)–C–C–N with tert-alkyl or cyclic N) is 1. The Bertz CT molecular complexity index is 529. The molecule has 7 heteroatoms. The highest BCUT2D eigenvalue weighted by Crippen LogP contribution is 2.17. The summed E-state index contributed by atoms with van der Waals surface area (Å²) in [4.78, 5) is 6.94. The molecular formula is C16H30IN5O. The first kappa shape index (κ1) is 20.2. The van der Waals surface area contributed by atoms with Gasteiger partial charge in [0, 0.05) is 37.9 Å². The molecule has 23 heavy (non-hydrogen) atoms. The van der Waals surface area contributed by atoms with Crippen molar-refractivity contribution in [2.45, 2.75) is 52.7 Å². The summed E-state index contributed by atoms with van der Waals surface area (Å²) in [5.74, 6) is 0.895. The van der Waals surface area contributed by atoms with Crippen LogP contribution >= 0.6 is 24.0 Å². The Labute approximate surface area is 156 Å². The van der Waals surface area contributed by atoms with E-state index in [-0.39, 0.29) is 30.1 Å². The zero-order valence-corrected chi connectivity index (χ0v) is 17.0. The molecule has 0 saturated carbocycles. The number of nitrogens with zero attached hydrogens (tertiary/aromatic N) is 4. The lowest BCUT2D eigenvalue weighted by Crippen LogP contribution is -2.40. The van der Waals surface area contributed by atoms with Crippen molar-refractivity contribution in [2.24, 2.45) is 12.0 Å². The molecule has 0 bridgehead atoms. The maximum absolute atomic E-state index is 9.73. The van der Waals surface area contributed by atoms with Gasteiger partial charge in [0.1, 0.15) is 0 Å². The Morgan fingerprint density at radius 3 is 2.61 bits per heavy atom. The molecule has 1 atom stereocenters. The fraction of sp³-hybridized carbons (Fsp3) is 0.750. The van der Waals surface area contributed by atoms with E-state index in [1.807, 2.05) is 11.7 Å². The summed E-state index contributed by atoms with van der Waals surface area (Å²) in [5, 5.41) is 17.7. The molecule has 1 aromatic heterocycles. The van der Waals surface area contributed by atoms with Crippen molar-refractivity contribution in [3.8, 4) is 0 Å². The smallest absolute Gasteiger partial charge is 0.194 e. The van der Waals surface area contributed by atoms with Gasteiger partial charge in [0.15, 0.2) is 5.96 Å². The van der Waals surface area contributed by atoms with E-state index in [1.165, 1.54) is 11.3 Å². The molecule has 1 saturated heterocycles. The summed E-state index contributed by atoms with van der Waals surface area (Å²) in [7, 11) is 2.01. The molecule has 2 rings (SSSR count). The second kappa shape index (κ2) is 9.46. The highest BCUT2D eigenvalue weighted by atomic mass is 127. The van der Waals surface area contributed by atoms with Gasteiger partial charge in [-0.2, -0.15) is 5.10 Å². The van der Waals surface area contributed by atoms with Crippen LogP contribution in [0.1, 0.15) is 44.1 Å². The molecule has 1 fully saturated rings. The number of aliphatic hydroxyl groups excluding tert-OH is 1. The minimum absolute atomic E-state index is 0. The van der Waals surface area contributed by atoms with Crippen LogP contribution in [0.5, 0.6) is 0 Å². The molecule has 0 unspecified atom stereocenters. The number of hydrogen-bond acceptors (Lipinski definition) is 3. The number of aromatic nitrogens is 2. The number of hydrogen-bond donors (Lipinski definition) is 2. The fourth-order valence-electron chi connectivity index (χ4n) is 3.09. The van der Waals surface area contributed by atoms with Crippen LogP contribution in [0.25, 0.3) is 0 Å². The summed E-state index contributed by atoms with van der Waals surface area (Å²) < 4.78 is 1.98. The van der Waals surface area contributed by atoms with E-state index in [1.54, 1.807) is 0 Å². The average molecular weight is 435 g/mol. The van der Waals surface area contributed by atoms with Gasteiger partial charge in [-0.25, -0.2) is 4.99 Å². The highest BCUT2D eigenvalue weighted by molar-refractivity contribution is 14.0. The molecule has 0 aromatic carbocycles. The van der Waals surface area contributed by atoms with Crippen LogP contribution < -0.4 is 5.32 Å². The number of aliphatic hydroxyl groups is 1. The lowest BCUT2D eigenvalue weighted by Gasteiger charge is -2.21. The van der Waals surface area contributed by atoms with Crippen LogP contribution in [-0.2, 0) is 26.4 Å². The van der Waals surface area contributed by atoms with Gasteiger partial charge < -0.3 is 15.3 Å². The summed E-state index contributed by atoms with van der Waals surface area (Å²) in [6.07, 6.45) is 2.47. The summed E-state index contributed by atoms with van der Waals surface area (Å²) in [5.41, 5.74) is 3.65. The molecule has 0 radical (unpaired) electrons. The van der Waals surface area contributed by atoms with Crippen molar-refractivity contribution in [3.05, 3.63) is 17.0 Å². The largest absolute Gasteiger partial charge is 0.391 e. The Kier molecular flexibility index (Phi) is 8.32. The summed E-state index contributed by atoms with van der Waals surface area (Å²) in [6.45, 7) is 9.38. The zero-order chi connectivity index (χ0) is 16.1. The van der Waals surface area contributed by atoms with Crippen LogP contribution in [0.3, 0.4) is 0 Å². The lowest BCUT2D eigenvalue weighted by molar-refractivity contribution is 0.188. The lowest BCUT2D eigenvalue weighted by atomic mass is 10.1. The standard InChI is InChI=1S/C16H29N5O.HI/c1-5-14-13(15(6-2)20(4)19-14)10-18-16(17-7-3)21-9-8-12(22)11-21;/h12,22H,5-11H2,1-4H3,(H,17,18);1H/t12-;/m1./s1. The van der Waals surface area contributed by atoms with Crippen LogP contribution in [0.4, 0.5) is 0 Å². The van der Waals surface area contributed by atoms with E-state index in [0.717, 1.165) is 44.0 Å². The Balaban J connectivity index is 0.00000264. The van der Waals surface area contributed by atoms with Crippen molar-refractivity contribution in [3.63, 3.8) is 0 Å². The molecule has 0 aliphatic carbocycles. The minimum atomic E-state index is -0.236. The Morgan fingerprint density at radius 2 is 2.09 bits per heavy atom. The van der Waals surface area contributed by atoms with E-state index in [0.29, 0.717) is 13.1 Å². The van der Waals surface area contributed by atoms with Gasteiger partial charge in [0.2, 0.25) is 0 Å². The second-order valence-corrected chi connectivity index (χ2v) is 5.76. The van der Waals surface area contributed by atoms with Crippen molar-refractivity contribution in [1.82, 2.24) is 20.0 Å². The Hall–Kier alpha value is -0.830. The molecular weight excluding hydrogens is 405 g/mol. The van der Waals surface area contributed by atoms with E-state index < -0.39 is 0 Å². The second-order valence-electron chi connectivity index (χ2n) is 5.76. The molecule has 2 N–H and O–H groups in total. The minimum Gasteiger partial charge on any atom is -0.391 e. The number of rotatable bonds is 5. The van der Waals surface area contributed by atoms with Gasteiger partial charge >= 0.3 is 0 Å². The van der Waals surface area contributed by atoms with Crippen molar-refractivity contribution < 1.29 is 5.11 Å². The SMILES string of the molecule is CCNC(=NCc1c(CC)nn(C)c1CC)N1CC[C@@H](O)C1.I. The third-order valence-corrected chi connectivity index (χ3v) is 4.21. The third kappa shape index (κ3) is 4.82. The first-order valence-corrected chi connectivity index (χ1v) is 8.35. The monoisotopic (exact) mass is 435 g/mol. The van der Waals surface area contributed by atoms with Gasteiger partial charge in [-0.1, -0.05) is 13.8 Å². The molecule has 0 amide bonds. The zero-order valence-electron chi connectivity index (χ0n) is 14.7. The summed E-state index contributed by atoms with van der Waals surface area (Å²) >= 11 is 0. The maximum atomic E-state index is 9.73. The van der Waals surface area contributed by atoms with Gasteiger partial charge in [0.05, 0.1) is 18.3 Å². The van der Waals surface area contributed by atoms with Crippen LogP contribution in [0, 0.1) is 0 Å². The van der Waals surface area contributed by atoms with Crippen molar-refractivity contribution in [2.75, 3.05) is 19.6 Å². The van der Waals surface area contributed by atoms with Gasteiger partial charge in [0.25, 0.3) is 0 Å². The molecule has 6 nitrogen and oxygen atoms in total. The number of guanidine groups is 1. The average Bonchev–Trinajstić information content (AvgIpc) is 3.06. The van der Waals surface area contributed by atoms with Crippen molar-refractivity contribution >= 4 is 29.9 Å². The van der Waals surface area contributed by atoms with E-state index >= 15 is 0 Å². The molecule has 1 aromatic rings. The van der Waals surface area contributed by atoms with Crippen LogP contribution in [0.2, 0.25) is 0 Å². The molecule has 1 aliphatic rings. The maximum Gasteiger partial charge on any atom is 0.194 e. The third-order valence-electron chi connectivity index (χ3n) is 4.21. The molecule has 1 aliphatic heterocycles. The van der Waals surface area contributed by atoms with Crippen LogP contribution in [0.15, 0.2) is 4.99 Å². The molecule has 0 spiro atoms. The quantitative estimate of drug-likeness (QED) is 0.420. The van der Waals surface area contributed by atoms with E-state index in [9.17, 15) is 5.11 Å². The van der Waals surface area contributed by atoms with E-state index in [2.05, 4.69) is 36.1 Å². The number of halogens is 1. The van der Waals surface area contributed by atoms with Crippen LogP contribution in [-0.4, -0.2) is 51.5 Å². The first-order valence-electron chi connectivity index (χ1n) is 8.35. The van der Waals surface area contributed by atoms with Gasteiger partial charge in [-0.05, 0) is 26.2 Å². The highest BCUT2D eigenvalue weighted by Gasteiger charge is 2.23. The number of nitrogens with one attached hydrogen (secondary N) is 1. The van der Waals surface area contributed by atoms with E-state index in [4.69, 9.17) is 4.99 Å². The molecule has 2 heterocycles. The summed E-state index contributed by atoms with van der Waals surface area (Å²) in [6, 6.07) is 0. The van der Waals surface area contributed by atoms with Gasteiger partial charge in [-0.3, -0.25) is 4.68 Å². The van der Waals surface area contributed by atoms with Gasteiger partial charge in [-0.15, -0.1) is 24.0 Å². The number of aliphatic imine (C=N–C) groups is 1. The topological polar surface area (TPSA) is 65.7 Å². The fourth-order valence-corrected chi connectivity index (χ4v) is 3.09. The number of likely N-dealkylation sites (tertiary alicyclic amines) is 1.